The summed E-state index contributed by atoms with van der Waals surface area (Å²) in [7, 11) is 0. The van der Waals surface area contributed by atoms with Crippen molar-refractivity contribution in [2.24, 2.45) is 0 Å². The summed E-state index contributed by atoms with van der Waals surface area (Å²) in [5, 5.41) is 15.3. The number of aromatic nitrogens is 4. The maximum Gasteiger partial charge on any atom is 0.248 e. The molecular weight excluding hydrogens is 342 g/mol. The van der Waals surface area contributed by atoms with Crippen molar-refractivity contribution in [1.82, 2.24) is 20.2 Å². The number of hydrogen-bond donors (Lipinski definition) is 1. The molecule has 7 heteroatoms. The quantitative estimate of drug-likeness (QED) is 0.695. The Bertz CT molecular complexity index is 918. The van der Waals surface area contributed by atoms with Gasteiger partial charge in [-0.2, -0.15) is 4.80 Å². The van der Waals surface area contributed by atoms with E-state index in [2.05, 4.69) is 27.7 Å². The Hall–Kier alpha value is -3.22. The summed E-state index contributed by atoms with van der Waals surface area (Å²) in [6.45, 7) is 6.59. The Labute approximate surface area is 158 Å². The number of para-hydroxylation sites is 1. The Morgan fingerprint density at radius 3 is 2.63 bits per heavy atom. The Kier molecular flexibility index (Phi) is 5.80. The fourth-order valence-electron chi connectivity index (χ4n) is 2.80. The fraction of sp³-hybridized carbons (Fsp3) is 0.300. The number of carbonyl (C=O) groups is 1. The van der Waals surface area contributed by atoms with Crippen molar-refractivity contribution in [2.45, 2.75) is 33.7 Å². The molecule has 3 rings (SSSR count). The number of anilines is 1. The predicted octanol–water partition coefficient (Wildman–Crippen LogP) is 3.25. The first kappa shape index (κ1) is 18.6. The third-order valence-electron chi connectivity index (χ3n) is 4.17. The van der Waals surface area contributed by atoms with Gasteiger partial charge in [-0.1, -0.05) is 25.1 Å². The molecule has 0 aliphatic rings. The van der Waals surface area contributed by atoms with Gasteiger partial charge in [-0.3, -0.25) is 4.79 Å². The molecule has 0 aliphatic heterocycles. The van der Waals surface area contributed by atoms with E-state index in [4.69, 9.17) is 4.74 Å². The van der Waals surface area contributed by atoms with Crippen LogP contribution >= 0.6 is 0 Å². The summed E-state index contributed by atoms with van der Waals surface area (Å²) in [5.41, 5.74) is 3.81. The largest absolute Gasteiger partial charge is 0.494 e. The second-order valence-electron chi connectivity index (χ2n) is 6.11. The van der Waals surface area contributed by atoms with Crippen LogP contribution in [-0.4, -0.2) is 32.7 Å². The van der Waals surface area contributed by atoms with E-state index in [1.54, 1.807) is 0 Å². The van der Waals surface area contributed by atoms with E-state index >= 15 is 0 Å². The highest BCUT2D eigenvalue weighted by molar-refractivity contribution is 5.92. The molecule has 1 heterocycles. The monoisotopic (exact) mass is 365 g/mol. The Morgan fingerprint density at radius 1 is 1.15 bits per heavy atom. The summed E-state index contributed by atoms with van der Waals surface area (Å²) in [6, 6.07) is 13.4. The summed E-state index contributed by atoms with van der Waals surface area (Å²) in [6.07, 6.45) is 0.848. The number of amides is 1. The standard InChI is InChI=1S/C20H23N5O2/c1-4-15-8-6-7-14(3)19(15)21-18(26)13-25-23-20(22-24-25)16-9-11-17(12-10-16)27-5-2/h6-12H,4-5,13H2,1-3H3,(H,21,26). The normalized spacial score (nSPS) is 10.6. The van der Waals surface area contributed by atoms with Crippen LogP contribution in [0.2, 0.25) is 0 Å². The summed E-state index contributed by atoms with van der Waals surface area (Å²) >= 11 is 0. The van der Waals surface area contributed by atoms with E-state index in [-0.39, 0.29) is 12.5 Å². The predicted molar refractivity (Wildman–Crippen MR) is 104 cm³/mol. The van der Waals surface area contributed by atoms with Crippen LogP contribution in [0.25, 0.3) is 11.4 Å². The molecule has 0 saturated heterocycles. The van der Waals surface area contributed by atoms with Gasteiger partial charge in [-0.25, -0.2) is 0 Å². The fourth-order valence-corrected chi connectivity index (χ4v) is 2.80. The molecule has 0 spiro atoms. The van der Waals surface area contributed by atoms with Gasteiger partial charge in [0.05, 0.1) is 6.61 Å². The highest BCUT2D eigenvalue weighted by Crippen LogP contribution is 2.21. The number of nitrogens with one attached hydrogen (secondary N) is 1. The van der Waals surface area contributed by atoms with Gasteiger partial charge in [0.15, 0.2) is 0 Å². The number of carbonyl (C=O) groups excluding carboxylic acids is 1. The van der Waals surface area contributed by atoms with E-state index in [1.807, 2.05) is 56.3 Å². The molecule has 3 aromatic rings. The molecule has 140 valence electrons. The minimum atomic E-state index is -0.186. The van der Waals surface area contributed by atoms with Crippen LogP contribution in [0.15, 0.2) is 42.5 Å². The lowest BCUT2D eigenvalue weighted by atomic mass is 10.1. The topological polar surface area (TPSA) is 81.9 Å². The SMILES string of the molecule is CCOc1ccc(-c2nnn(CC(=O)Nc3c(C)cccc3CC)n2)cc1. The van der Waals surface area contributed by atoms with E-state index in [9.17, 15) is 4.79 Å². The molecule has 1 amide bonds. The zero-order valence-corrected chi connectivity index (χ0v) is 15.8. The van der Waals surface area contributed by atoms with Crippen molar-refractivity contribution in [3.63, 3.8) is 0 Å². The molecule has 1 N–H and O–H groups in total. The molecule has 0 unspecified atom stereocenters. The van der Waals surface area contributed by atoms with Gasteiger partial charge in [0.25, 0.3) is 0 Å². The minimum Gasteiger partial charge on any atom is -0.494 e. The highest BCUT2D eigenvalue weighted by atomic mass is 16.5. The van der Waals surface area contributed by atoms with Crippen molar-refractivity contribution in [3.8, 4) is 17.1 Å². The second-order valence-corrected chi connectivity index (χ2v) is 6.11. The van der Waals surface area contributed by atoms with Crippen molar-refractivity contribution in [3.05, 3.63) is 53.6 Å². The third kappa shape index (κ3) is 4.49. The zero-order chi connectivity index (χ0) is 19.2. The molecule has 0 saturated carbocycles. The molecular formula is C20H23N5O2. The summed E-state index contributed by atoms with van der Waals surface area (Å²) in [5.74, 6) is 1.07. The van der Waals surface area contributed by atoms with Crippen molar-refractivity contribution in [2.75, 3.05) is 11.9 Å². The Balaban J connectivity index is 1.68. The number of hydrogen-bond acceptors (Lipinski definition) is 5. The molecule has 1 aromatic heterocycles. The summed E-state index contributed by atoms with van der Waals surface area (Å²) in [4.78, 5) is 13.7. The molecule has 2 aromatic carbocycles. The smallest absolute Gasteiger partial charge is 0.248 e. The molecule has 0 atom stereocenters. The first-order chi connectivity index (χ1) is 13.1. The van der Waals surface area contributed by atoms with Crippen molar-refractivity contribution >= 4 is 11.6 Å². The van der Waals surface area contributed by atoms with Crippen LogP contribution in [-0.2, 0) is 17.8 Å². The van der Waals surface area contributed by atoms with Crippen LogP contribution in [0.1, 0.15) is 25.0 Å². The van der Waals surface area contributed by atoms with Crippen LogP contribution in [0.5, 0.6) is 5.75 Å². The van der Waals surface area contributed by atoms with E-state index in [0.717, 1.165) is 34.5 Å². The lowest BCUT2D eigenvalue weighted by Gasteiger charge is -2.12. The van der Waals surface area contributed by atoms with Gasteiger partial charge in [0.2, 0.25) is 11.7 Å². The molecule has 0 bridgehead atoms. The van der Waals surface area contributed by atoms with Gasteiger partial charge in [-0.05, 0) is 60.9 Å². The second kappa shape index (κ2) is 8.44. The van der Waals surface area contributed by atoms with Crippen molar-refractivity contribution in [1.29, 1.82) is 0 Å². The average Bonchev–Trinajstić information content (AvgIpc) is 3.12. The number of rotatable bonds is 7. The zero-order valence-electron chi connectivity index (χ0n) is 15.8. The van der Waals surface area contributed by atoms with Gasteiger partial charge < -0.3 is 10.1 Å². The molecule has 0 fully saturated rings. The number of ether oxygens (including phenoxy) is 1. The first-order valence-electron chi connectivity index (χ1n) is 9.00. The van der Waals surface area contributed by atoms with Gasteiger partial charge in [0, 0.05) is 11.3 Å². The van der Waals surface area contributed by atoms with Crippen LogP contribution in [0.4, 0.5) is 5.69 Å². The number of benzene rings is 2. The maximum absolute atomic E-state index is 12.4. The van der Waals surface area contributed by atoms with Crippen LogP contribution < -0.4 is 10.1 Å². The van der Waals surface area contributed by atoms with E-state index < -0.39 is 0 Å². The lowest BCUT2D eigenvalue weighted by Crippen LogP contribution is -2.21. The first-order valence-corrected chi connectivity index (χ1v) is 9.00. The van der Waals surface area contributed by atoms with Gasteiger partial charge in [0.1, 0.15) is 12.3 Å². The molecule has 27 heavy (non-hydrogen) atoms. The van der Waals surface area contributed by atoms with E-state index in [1.165, 1.54) is 4.80 Å². The van der Waals surface area contributed by atoms with E-state index in [0.29, 0.717) is 12.4 Å². The van der Waals surface area contributed by atoms with Crippen molar-refractivity contribution < 1.29 is 9.53 Å². The molecule has 7 nitrogen and oxygen atoms in total. The summed E-state index contributed by atoms with van der Waals surface area (Å²) < 4.78 is 5.43. The maximum atomic E-state index is 12.4. The Morgan fingerprint density at radius 2 is 1.93 bits per heavy atom. The number of tetrazole rings is 1. The van der Waals surface area contributed by atoms with Crippen LogP contribution in [0, 0.1) is 6.92 Å². The van der Waals surface area contributed by atoms with Gasteiger partial charge in [-0.15, -0.1) is 10.2 Å². The molecule has 0 radical (unpaired) electrons. The van der Waals surface area contributed by atoms with Crippen LogP contribution in [0.3, 0.4) is 0 Å². The molecule has 0 aliphatic carbocycles. The average molecular weight is 365 g/mol. The van der Waals surface area contributed by atoms with Gasteiger partial charge >= 0.3 is 0 Å². The minimum absolute atomic E-state index is 0.00151. The lowest BCUT2D eigenvalue weighted by molar-refractivity contribution is -0.117. The highest BCUT2D eigenvalue weighted by Gasteiger charge is 2.12. The number of nitrogens with zero attached hydrogens (tertiary/aromatic N) is 4. The third-order valence-corrected chi connectivity index (χ3v) is 4.17. The number of aryl methyl sites for hydroxylation is 2.